The molecule has 1 saturated heterocycles. The smallest absolute Gasteiger partial charge is 0.319 e. The maximum atomic E-state index is 13.6. The lowest BCUT2D eigenvalue weighted by Crippen LogP contribution is -2.44. The van der Waals surface area contributed by atoms with Gasteiger partial charge in [0.15, 0.2) is 0 Å². The molecule has 0 radical (unpaired) electrons. The number of benzene rings is 3. The second-order valence-corrected chi connectivity index (χ2v) is 9.06. The van der Waals surface area contributed by atoms with Gasteiger partial charge < -0.3 is 10.2 Å². The molecule has 1 aromatic heterocycles. The Kier molecular flexibility index (Phi) is 6.22. The molecule has 1 N–H and O–H groups in total. The maximum Gasteiger partial charge on any atom is 0.325 e. The Morgan fingerprint density at radius 1 is 1.00 bits per heavy atom. The fourth-order valence-electron chi connectivity index (χ4n) is 4.38. The standard InChI is InChI=1S/C27H25N7O3/c1-19-8-6-12-22(14-19)32(16-20-9-4-3-5-10-20)24(35)17-33-25(36)27(2,29-26(33)37)21-11-7-13-23(15-21)34-18-28-30-31-34/h3-15,18H,16-17H2,1-2H3,(H,29,37)/t27-/m0/s1. The minimum atomic E-state index is -1.35. The molecule has 1 fully saturated rings. The highest BCUT2D eigenvalue weighted by molar-refractivity contribution is 6.10. The third-order valence-corrected chi connectivity index (χ3v) is 6.40. The fourth-order valence-corrected chi connectivity index (χ4v) is 4.38. The highest BCUT2D eigenvalue weighted by Crippen LogP contribution is 2.30. The molecule has 37 heavy (non-hydrogen) atoms. The first-order chi connectivity index (χ1) is 17.8. The van der Waals surface area contributed by atoms with Crippen molar-refractivity contribution in [3.8, 4) is 5.69 Å². The minimum absolute atomic E-state index is 0.304. The van der Waals surface area contributed by atoms with Gasteiger partial charge in [0.25, 0.3) is 5.91 Å². The summed E-state index contributed by atoms with van der Waals surface area (Å²) in [5, 5.41) is 13.9. The molecule has 10 heteroatoms. The number of urea groups is 1. The Hall–Kier alpha value is -4.86. The minimum Gasteiger partial charge on any atom is -0.319 e. The summed E-state index contributed by atoms with van der Waals surface area (Å²) in [7, 11) is 0. The number of aromatic nitrogens is 4. The molecule has 1 aliphatic heterocycles. The number of aryl methyl sites for hydroxylation is 1. The number of imide groups is 1. The number of hydrogen-bond acceptors (Lipinski definition) is 6. The van der Waals surface area contributed by atoms with Crippen LogP contribution in [0, 0.1) is 6.92 Å². The van der Waals surface area contributed by atoms with Gasteiger partial charge in [-0.3, -0.25) is 14.5 Å². The van der Waals surface area contributed by atoms with Crippen LogP contribution in [0.25, 0.3) is 5.69 Å². The number of tetrazole rings is 1. The van der Waals surface area contributed by atoms with E-state index in [0.717, 1.165) is 16.0 Å². The van der Waals surface area contributed by atoms with Crippen molar-refractivity contribution in [3.05, 3.63) is 102 Å². The lowest BCUT2D eigenvalue weighted by atomic mass is 9.91. The zero-order valence-corrected chi connectivity index (χ0v) is 20.4. The quantitative estimate of drug-likeness (QED) is 0.395. The van der Waals surface area contributed by atoms with Crippen LogP contribution in [0.4, 0.5) is 10.5 Å². The molecule has 4 aromatic rings. The number of hydrogen-bond donors (Lipinski definition) is 1. The lowest BCUT2D eigenvalue weighted by Gasteiger charge is -2.26. The van der Waals surface area contributed by atoms with E-state index in [-0.39, 0.29) is 5.91 Å². The van der Waals surface area contributed by atoms with Crippen LogP contribution in [0.5, 0.6) is 0 Å². The number of rotatable bonds is 7. The molecule has 10 nitrogen and oxygen atoms in total. The van der Waals surface area contributed by atoms with Crippen LogP contribution in [0.2, 0.25) is 0 Å². The van der Waals surface area contributed by atoms with Gasteiger partial charge in [-0.05, 0) is 65.2 Å². The molecule has 3 aromatic carbocycles. The Bertz CT molecular complexity index is 1460. The van der Waals surface area contributed by atoms with Gasteiger partial charge in [0.2, 0.25) is 5.91 Å². The summed E-state index contributed by atoms with van der Waals surface area (Å²) in [6, 6.07) is 23.5. The number of amides is 4. The number of carbonyl (C=O) groups excluding carboxylic acids is 3. The van der Waals surface area contributed by atoms with Crippen molar-refractivity contribution in [1.82, 2.24) is 30.4 Å². The van der Waals surface area contributed by atoms with Crippen LogP contribution < -0.4 is 10.2 Å². The lowest BCUT2D eigenvalue weighted by molar-refractivity contribution is -0.134. The van der Waals surface area contributed by atoms with Crippen LogP contribution in [-0.4, -0.2) is 49.5 Å². The number of carbonyl (C=O) groups is 3. The largest absolute Gasteiger partial charge is 0.325 e. The van der Waals surface area contributed by atoms with E-state index < -0.39 is 24.0 Å². The summed E-state index contributed by atoms with van der Waals surface area (Å²) in [5.41, 5.74) is 2.45. The molecule has 1 aliphatic rings. The molecular weight excluding hydrogens is 470 g/mol. The molecule has 186 valence electrons. The third-order valence-electron chi connectivity index (χ3n) is 6.40. The van der Waals surface area contributed by atoms with Crippen molar-refractivity contribution in [2.75, 3.05) is 11.4 Å². The molecule has 0 spiro atoms. The van der Waals surface area contributed by atoms with E-state index in [9.17, 15) is 14.4 Å². The molecule has 4 amide bonds. The van der Waals surface area contributed by atoms with Crippen molar-refractivity contribution in [1.29, 1.82) is 0 Å². The Morgan fingerprint density at radius 2 is 1.78 bits per heavy atom. The predicted molar refractivity (Wildman–Crippen MR) is 136 cm³/mol. The van der Waals surface area contributed by atoms with Crippen molar-refractivity contribution < 1.29 is 14.4 Å². The molecule has 1 atom stereocenters. The van der Waals surface area contributed by atoms with E-state index >= 15 is 0 Å². The van der Waals surface area contributed by atoms with Gasteiger partial charge in [0.05, 0.1) is 12.2 Å². The number of anilines is 1. The van der Waals surface area contributed by atoms with Gasteiger partial charge in [-0.25, -0.2) is 9.48 Å². The van der Waals surface area contributed by atoms with Gasteiger partial charge in [-0.2, -0.15) is 0 Å². The second kappa shape index (κ2) is 9.65. The summed E-state index contributed by atoms with van der Waals surface area (Å²) in [6.45, 7) is 3.48. The van der Waals surface area contributed by atoms with Crippen molar-refractivity contribution >= 4 is 23.5 Å². The van der Waals surface area contributed by atoms with Crippen LogP contribution in [0.3, 0.4) is 0 Å². The predicted octanol–water partition coefficient (Wildman–Crippen LogP) is 2.97. The van der Waals surface area contributed by atoms with E-state index in [1.807, 2.05) is 61.5 Å². The number of nitrogens with zero attached hydrogens (tertiary/aromatic N) is 6. The molecule has 5 rings (SSSR count). The fraction of sp³-hybridized carbons (Fsp3) is 0.185. The first kappa shape index (κ1) is 23.9. The topological polar surface area (TPSA) is 113 Å². The normalized spacial score (nSPS) is 17.1. The average Bonchev–Trinajstić information content (AvgIpc) is 3.52. The van der Waals surface area contributed by atoms with Gasteiger partial charge in [0.1, 0.15) is 18.4 Å². The van der Waals surface area contributed by atoms with E-state index in [1.165, 1.54) is 11.0 Å². The highest BCUT2D eigenvalue weighted by Gasteiger charge is 2.50. The first-order valence-corrected chi connectivity index (χ1v) is 11.7. The van der Waals surface area contributed by atoms with Crippen LogP contribution in [0.1, 0.15) is 23.6 Å². The summed E-state index contributed by atoms with van der Waals surface area (Å²) >= 11 is 0. The average molecular weight is 496 g/mol. The van der Waals surface area contributed by atoms with Gasteiger partial charge in [0, 0.05) is 5.69 Å². The van der Waals surface area contributed by atoms with E-state index in [1.54, 1.807) is 36.1 Å². The summed E-state index contributed by atoms with van der Waals surface area (Å²) in [6.07, 6.45) is 1.44. The molecule has 0 saturated carbocycles. The van der Waals surface area contributed by atoms with Crippen molar-refractivity contribution in [2.45, 2.75) is 25.9 Å². The maximum absolute atomic E-state index is 13.6. The van der Waals surface area contributed by atoms with E-state index in [4.69, 9.17) is 0 Å². The monoisotopic (exact) mass is 495 g/mol. The molecule has 2 heterocycles. The summed E-state index contributed by atoms with van der Waals surface area (Å²) in [5.74, 6) is -0.881. The molecular formula is C27H25N7O3. The molecule has 0 unspecified atom stereocenters. The van der Waals surface area contributed by atoms with Crippen LogP contribution in [0.15, 0.2) is 85.2 Å². The zero-order chi connectivity index (χ0) is 26.0. The SMILES string of the molecule is Cc1cccc(N(Cc2ccccc2)C(=O)CN2C(=O)N[C@@](C)(c3cccc(-n4cnnn4)c3)C2=O)c1. The Labute approximate surface area is 213 Å². The Balaban J connectivity index is 1.41. The van der Waals surface area contributed by atoms with Crippen LogP contribution >= 0.6 is 0 Å². The second-order valence-electron chi connectivity index (χ2n) is 9.06. The van der Waals surface area contributed by atoms with Gasteiger partial charge in [-0.15, -0.1) is 5.10 Å². The van der Waals surface area contributed by atoms with E-state index in [2.05, 4.69) is 20.8 Å². The van der Waals surface area contributed by atoms with E-state index in [0.29, 0.717) is 23.5 Å². The molecule has 0 aliphatic carbocycles. The third kappa shape index (κ3) is 4.68. The first-order valence-electron chi connectivity index (χ1n) is 11.7. The summed E-state index contributed by atoms with van der Waals surface area (Å²) in [4.78, 5) is 42.7. The van der Waals surface area contributed by atoms with Crippen LogP contribution in [-0.2, 0) is 21.7 Å². The Morgan fingerprint density at radius 3 is 2.51 bits per heavy atom. The summed E-state index contributed by atoms with van der Waals surface area (Å²) < 4.78 is 1.46. The van der Waals surface area contributed by atoms with Gasteiger partial charge >= 0.3 is 6.03 Å². The van der Waals surface area contributed by atoms with Gasteiger partial charge in [-0.1, -0.05) is 54.6 Å². The van der Waals surface area contributed by atoms with Crippen molar-refractivity contribution in [2.24, 2.45) is 0 Å². The number of nitrogens with one attached hydrogen (secondary N) is 1. The molecule has 0 bridgehead atoms. The zero-order valence-electron chi connectivity index (χ0n) is 20.4. The highest BCUT2D eigenvalue weighted by atomic mass is 16.2. The van der Waals surface area contributed by atoms with Crippen molar-refractivity contribution in [3.63, 3.8) is 0 Å².